The second-order valence-corrected chi connectivity index (χ2v) is 6.84. The van der Waals surface area contributed by atoms with Gasteiger partial charge in [-0.05, 0) is 38.5 Å². The molecule has 0 unspecified atom stereocenters. The van der Waals surface area contributed by atoms with E-state index in [-0.39, 0.29) is 0 Å². The van der Waals surface area contributed by atoms with Gasteiger partial charge in [-0.2, -0.15) is 0 Å². The van der Waals surface area contributed by atoms with Crippen LogP contribution in [0.25, 0.3) is 0 Å². The van der Waals surface area contributed by atoms with Crippen LogP contribution in [0.4, 0.5) is 0 Å². The highest BCUT2D eigenvalue weighted by molar-refractivity contribution is 5.06. The van der Waals surface area contributed by atoms with Crippen LogP contribution in [0.15, 0.2) is 0 Å². The number of nitrogens with one attached hydrogen (secondary N) is 1. The van der Waals surface area contributed by atoms with Gasteiger partial charge in [-0.3, -0.25) is 4.90 Å². The molecule has 0 amide bonds. The molecule has 0 aromatic carbocycles. The third kappa shape index (κ3) is 2.71. The summed E-state index contributed by atoms with van der Waals surface area (Å²) in [5.74, 6) is 0. The van der Waals surface area contributed by atoms with Gasteiger partial charge in [0.05, 0.1) is 0 Å². The van der Waals surface area contributed by atoms with Crippen molar-refractivity contribution < 1.29 is 0 Å². The summed E-state index contributed by atoms with van der Waals surface area (Å²) < 4.78 is 0. The maximum absolute atomic E-state index is 3.94. The fourth-order valence-electron chi connectivity index (χ4n) is 4.37. The van der Waals surface area contributed by atoms with E-state index in [9.17, 15) is 0 Å². The summed E-state index contributed by atoms with van der Waals surface area (Å²) in [4.78, 5) is 2.93. The minimum absolute atomic E-state index is 0.371. The molecule has 2 fully saturated rings. The molecule has 1 saturated carbocycles. The Kier molecular flexibility index (Phi) is 4.94. The smallest absolute Gasteiger partial charge is 0.0332 e. The van der Waals surface area contributed by atoms with Crippen LogP contribution in [0.1, 0.15) is 79.1 Å². The molecular formula is C17H34N2. The van der Waals surface area contributed by atoms with Crippen molar-refractivity contribution in [2.24, 2.45) is 0 Å². The molecule has 112 valence electrons. The molecule has 0 spiro atoms. The molecule has 1 N–H and O–H groups in total. The van der Waals surface area contributed by atoms with Gasteiger partial charge < -0.3 is 5.32 Å². The van der Waals surface area contributed by atoms with Crippen molar-refractivity contribution in [1.29, 1.82) is 0 Å². The highest BCUT2D eigenvalue weighted by Crippen LogP contribution is 2.38. The van der Waals surface area contributed by atoms with E-state index in [0.717, 1.165) is 6.04 Å². The molecule has 2 nitrogen and oxygen atoms in total. The topological polar surface area (TPSA) is 15.3 Å². The van der Waals surface area contributed by atoms with Gasteiger partial charge in [0.15, 0.2) is 0 Å². The Labute approximate surface area is 120 Å². The molecule has 2 rings (SSSR count). The summed E-state index contributed by atoms with van der Waals surface area (Å²) in [6, 6.07) is 0.861. The Morgan fingerprint density at radius 2 is 1.53 bits per heavy atom. The lowest BCUT2D eigenvalue weighted by Gasteiger charge is -2.56. The van der Waals surface area contributed by atoms with Gasteiger partial charge in [-0.1, -0.05) is 40.5 Å². The summed E-state index contributed by atoms with van der Waals surface area (Å²) in [7, 11) is 0. The normalized spacial score (nSPS) is 27.8. The van der Waals surface area contributed by atoms with Crippen LogP contribution in [0.5, 0.6) is 0 Å². The average molecular weight is 266 g/mol. The van der Waals surface area contributed by atoms with Crippen LogP contribution in [-0.4, -0.2) is 35.1 Å². The van der Waals surface area contributed by atoms with E-state index < -0.39 is 0 Å². The molecule has 2 aliphatic rings. The third-order valence-electron chi connectivity index (χ3n) is 6.31. The molecular weight excluding hydrogens is 232 g/mol. The van der Waals surface area contributed by atoms with Gasteiger partial charge in [0.1, 0.15) is 0 Å². The minimum atomic E-state index is 0.371. The van der Waals surface area contributed by atoms with Crippen molar-refractivity contribution in [2.45, 2.75) is 96.2 Å². The van der Waals surface area contributed by atoms with E-state index >= 15 is 0 Å². The first-order chi connectivity index (χ1) is 9.15. The molecule has 0 bridgehead atoms. The lowest BCUT2D eigenvalue weighted by Crippen LogP contribution is -2.71. The molecule has 0 atom stereocenters. The van der Waals surface area contributed by atoms with E-state index in [1.807, 2.05) is 0 Å². The molecule has 1 saturated heterocycles. The zero-order chi connectivity index (χ0) is 13.9. The van der Waals surface area contributed by atoms with Crippen molar-refractivity contribution >= 4 is 0 Å². The fraction of sp³-hybridized carbons (Fsp3) is 1.00. The first kappa shape index (κ1) is 15.3. The molecule has 0 radical (unpaired) electrons. The van der Waals surface area contributed by atoms with Gasteiger partial charge in [-0.15, -0.1) is 0 Å². The second kappa shape index (κ2) is 6.13. The standard InChI is InChI=1S/C17H34N2/c1-5-16(6-2)14-19(15-11-9-10-12-15)17(7-3,8-4)13-18-16/h15,18H,5-14H2,1-4H3. The highest BCUT2D eigenvalue weighted by atomic mass is 15.3. The van der Waals surface area contributed by atoms with E-state index in [0.29, 0.717) is 11.1 Å². The highest BCUT2D eigenvalue weighted by Gasteiger charge is 2.46. The number of hydrogen-bond donors (Lipinski definition) is 1. The van der Waals surface area contributed by atoms with E-state index in [1.165, 1.54) is 64.5 Å². The first-order valence-corrected chi connectivity index (χ1v) is 8.67. The fourth-order valence-corrected chi connectivity index (χ4v) is 4.37. The number of nitrogens with zero attached hydrogens (tertiary/aromatic N) is 1. The second-order valence-electron chi connectivity index (χ2n) is 6.84. The Bertz CT molecular complexity index is 273. The summed E-state index contributed by atoms with van der Waals surface area (Å²) in [5, 5.41) is 3.94. The van der Waals surface area contributed by atoms with E-state index in [2.05, 4.69) is 37.9 Å². The van der Waals surface area contributed by atoms with Crippen LogP contribution in [-0.2, 0) is 0 Å². The molecule has 0 aromatic rings. The third-order valence-corrected chi connectivity index (χ3v) is 6.31. The van der Waals surface area contributed by atoms with Gasteiger partial charge in [0.2, 0.25) is 0 Å². The molecule has 1 heterocycles. The summed E-state index contributed by atoms with van der Waals surface area (Å²) >= 11 is 0. The largest absolute Gasteiger partial charge is 0.308 e. The molecule has 19 heavy (non-hydrogen) atoms. The zero-order valence-corrected chi connectivity index (χ0v) is 13.6. The van der Waals surface area contributed by atoms with Gasteiger partial charge >= 0.3 is 0 Å². The van der Waals surface area contributed by atoms with E-state index in [4.69, 9.17) is 0 Å². The van der Waals surface area contributed by atoms with Crippen molar-refractivity contribution in [3.63, 3.8) is 0 Å². The van der Waals surface area contributed by atoms with E-state index in [1.54, 1.807) is 0 Å². The minimum Gasteiger partial charge on any atom is -0.308 e. The number of piperazine rings is 1. The van der Waals surface area contributed by atoms with Crippen LogP contribution in [0, 0.1) is 0 Å². The Morgan fingerprint density at radius 3 is 2.00 bits per heavy atom. The lowest BCUT2D eigenvalue weighted by atomic mass is 9.79. The summed E-state index contributed by atoms with van der Waals surface area (Å²) in [5.41, 5.74) is 0.791. The first-order valence-electron chi connectivity index (χ1n) is 8.67. The zero-order valence-electron chi connectivity index (χ0n) is 13.6. The van der Waals surface area contributed by atoms with Crippen LogP contribution in [0.2, 0.25) is 0 Å². The number of hydrogen-bond acceptors (Lipinski definition) is 2. The van der Waals surface area contributed by atoms with Crippen molar-refractivity contribution in [3.05, 3.63) is 0 Å². The van der Waals surface area contributed by atoms with Crippen LogP contribution < -0.4 is 5.32 Å². The van der Waals surface area contributed by atoms with Crippen LogP contribution in [0.3, 0.4) is 0 Å². The van der Waals surface area contributed by atoms with Crippen molar-refractivity contribution in [3.8, 4) is 0 Å². The Balaban J connectivity index is 2.22. The molecule has 1 aliphatic carbocycles. The Hall–Kier alpha value is -0.0800. The maximum atomic E-state index is 3.94. The number of rotatable bonds is 5. The van der Waals surface area contributed by atoms with Crippen molar-refractivity contribution in [2.75, 3.05) is 13.1 Å². The molecule has 2 heteroatoms. The average Bonchev–Trinajstić information content (AvgIpc) is 3.00. The predicted octanol–water partition coefficient (Wildman–Crippen LogP) is 3.95. The van der Waals surface area contributed by atoms with Gasteiger partial charge in [-0.25, -0.2) is 0 Å². The summed E-state index contributed by atoms with van der Waals surface area (Å²) in [6.07, 6.45) is 10.9. The maximum Gasteiger partial charge on any atom is 0.0332 e. The lowest BCUT2D eigenvalue weighted by molar-refractivity contribution is -0.0337. The SMILES string of the molecule is CCC1(CC)CN(C2CCCC2)C(CC)(CC)CN1. The predicted molar refractivity (Wildman–Crippen MR) is 83.6 cm³/mol. The van der Waals surface area contributed by atoms with Crippen molar-refractivity contribution in [1.82, 2.24) is 10.2 Å². The molecule has 1 aliphatic heterocycles. The Morgan fingerprint density at radius 1 is 0.947 bits per heavy atom. The van der Waals surface area contributed by atoms with Crippen LogP contribution >= 0.6 is 0 Å². The van der Waals surface area contributed by atoms with Gasteiger partial charge in [0.25, 0.3) is 0 Å². The summed E-state index contributed by atoms with van der Waals surface area (Å²) in [6.45, 7) is 11.9. The quantitative estimate of drug-likeness (QED) is 0.810. The monoisotopic (exact) mass is 266 g/mol. The van der Waals surface area contributed by atoms with Gasteiger partial charge in [0, 0.05) is 30.2 Å². The molecule has 0 aromatic heterocycles.